The number of carbonyl (C=O) groups excluding carboxylic acids is 2. The molecule has 0 unspecified atom stereocenters. The quantitative estimate of drug-likeness (QED) is 0.666. The van der Waals surface area contributed by atoms with E-state index in [9.17, 15) is 9.59 Å². The molecule has 162 valence electrons. The van der Waals surface area contributed by atoms with Gasteiger partial charge >= 0.3 is 0 Å². The predicted molar refractivity (Wildman–Crippen MR) is 122 cm³/mol. The van der Waals surface area contributed by atoms with E-state index in [0.29, 0.717) is 47.2 Å². The molecule has 0 aliphatic carbocycles. The molecule has 31 heavy (non-hydrogen) atoms. The van der Waals surface area contributed by atoms with Crippen molar-refractivity contribution in [3.05, 3.63) is 64.3 Å². The van der Waals surface area contributed by atoms with Crippen molar-refractivity contribution < 1.29 is 14.3 Å². The zero-order valence-corrected chi connectivity index (χ0v) is 18.8. The third kappa shape index (κ3) is 4.05. The smallest absolute Gasteiger partial charge is 0.282 e. The second kappa shape index (κ2) is 8.73. The Labute approximate surface area is 187 Å². The molecule has 0 aromatic heterocycles. The van der Waals surface area contributed by atoms with Gasteiger partial charge in [-0.05, 0) is 56.3 Å². The summed E-state index contributed by atoms with van der Waals surface area (Å²) in [6, 6.07) is 12.6. The van der Waals surface area contributed by atoms with Crippen molar-refractivity contribution in [1.82, 2.24) is 9.80 Å². The van der Waals surface area contributed by atoms with Crippen molar-refractivity contribution in [2.45, 2.75) is 13.8 Å². The lowest BCUT2D eigenvalue weighted by Crippen LogP contribution is -2.46. The maximum absolute atomic E-state index is 13.6. The van der Waals surface area contributed by atoms with Gasteiger partial charge < -0.3 is 14.5 Å². The van der Waals surface area contributed by atoms with Crippen LogP contribution in [0.5, 0.6) is 5.75 Å². The standard InChI is InChI=1S/C24H26ClN3O3/c1-4-31-19-9-6-17(7-10-19)21-22(27-13-11-26(3)12-14-27)24(30)28(23(21)29)20-15-18(25)8-5-16(20)2/h5-10,15H,4,11-14H2,1-3H3. The van der Waals surface area contributed by atoms with E-state index in [2.05, 4.69) is 11.9 Å². The van der Waals surface area contributed by atoms with Gasteiger partial charge in [0.2, 0.25) is 0 Å². The van der Waals surface area contributed by atoms with E-state index >= 15 is 0 Å². The molecule has 2 aromatic carbocycles. The van der Waals surface area contributed by atoms with Crippen molar-refractivity contribution in [3.63, 3.8) is 0 Å². The minimum absolute atomic E-state index is 0.302. The van der Waals surface area contributed by atoms with Gasteiger partial charge in [-0.2, -0.15) is 0 Å². The number of nitrogens with zero attached hydrogens (tertiary/aromatic N) is 3. The number of imide groups is 1. The second-order valence-electron chi connectivity index (χ2n) is 7.85. The van der Waals surface area contributed by atoms with Gasteiger partial charge in [0, 0.05) is 31.2 Å². The monoisotopic (exact) mass is 439 g/mol. The number of aryl methyl sites for hydroxylation is 1. The Bertz CT molecular complexity index is 1040. The van der Waals surface area contributed by atoms with Gasteiger partial charge in [0.1, 0.15) is 11.4 Å². The largest absolute Gasteiger partial charge is 0.494 e. The Kier molecular flexibility index (Phi) is 6.03. The molecular formula is C24H26ClN3O3. The minimum atomic E-state index is -0.326. The average Bonchev–Trinajstić information content (AvgIpc) is 3.01. The first-order valence-electron chi connectivity index (χ1n) is 10.5. The molecule has 6 nitrogen and oxygen atoms in total. The summed E-state index contributed by atoms with van der Waals surface area (Å²) in [7, 11) is 2.06. The number of ether oxygens (including phenoxy) is 1. The second-order valence-corrected chi connectivity index (χ2v) is 8.28. The first kappa shape index (κ1) is 21.4. The molecule has 0 spiro atoms. The molecule has 0 saturated carbocycles. The van der Waals surface area contributed by atoms with Gasteiger partial charge in [0.05, 0.1) is 17.9 Å². The number of rotatable bonds is 5. The van der Waals surface area contributed by atoms with Crippen LogP contribution in [0.1, 0.15) is 18.1 Å². The maximum Gasteiger partial charge on any atom is 0.282 e. The van der Waals surface area contributed by atoms with Gasteiger partial charge in [-0.3, -0.25) is 9.59 Å². The third-order valence-electron chi connectivity index (χ3n) is 5.75. The summed E-state index contributed by atoms with van der Waals surface area (Å²) >= 11 is 6.20. The normalized spacial score (nSPS) is 17.7. The zero-order chi connectivity index (χ0) is 22.1. The van der Waals surface area contributed by atoms with E-state index in [1.54, 1.807) is 12.1 Å². The highest BCUT2D eigenvalue weighted by atomic mass is 35.5. The number of piperazine rings is 1. The number of anilines is 1. The molecule has 0 bridgehead atoms. The van der Waals surface area contributed by atoms with E-state index in [1.165, 1.54) is 4.90 Å². The number of amides is 2. The number of carbonyl (C=O) groups is 2. The van der Waals surface area contributed by atoms with Gasteiger partial charge in [0.15, 0.2) is 0 Å². The summed E-state index contributed by atoms with van der Waals surface area (Å²) < 4.78 is 5.54. The molecule has 0 atom stereocenters. The molecule has 2 aliphatic heterocycles. The lowest BCUT2D eigenvalue weighted by Gasteiger charge is -2.34. The fraction of sp³-hybridized carbons (Fsp3) is 0.333. The number of hydrogen-bond acceptors (Lipinski definition) is 5. The topological polar surface area (TPSA) is 53.1 Å². The highest BCUT2D eigenvalue weighted by Gasteiger charge is 2.43. The van der Waals surface area contributed by atoms with Crippen LogP contribution < -0.4 is 9.64 Å². The summed E-state index contributed by atoms with van der Waals surface area (Å²) in [6.45, 7) is 7.40. The Morgan fingerprint density at radius 3 is 2.29 bits per heavy atom. The zero-order valence-electron chi connectivity index (χ0n) is 18.0. The summed E-state index contributed by atoms with van der Waals surface area (Å²) in [6.07, 6.45) is 0. The number of halogens is 1. The van der Waals surface area contributed by atoms with E-state index in [1.807, 2.05) is 49.1 Å². The Morgan fingerprint density at radius 1 is 0.968 bits per heavy atom. The summed E-state index contributed by atoms with van der Waals surface area (Å²) in [5.74, 6) is 0.101. The van der Waals surface area contributed by atoms with E-state index < -0.39 is 0 Å². The van der Waals surface area contributed by atoms with Crippen molar-refractivity contribution in [2.75, 3.05) is 44.7 Å². The third-order valence-corrected chi connectivity index (χ3v) is 5.98. The summed E-state index contributed by atoms with van der Waals surface area (Å²) in [5.41, 5.74) is 2.93. The van der Waals surface area contributed by atoms with Crippen LogP contribution in [-0.2, 0) is 9.59 Å². The van der Waals surface area contributed by atoms with Crippen molar-refractivity contribution in [2.24, 2.45) is 0 Å². The van der Waals surface area contributed by atoms with Crippen LogP contribution in [0.2, 0.25) is 5.02 Å². The molecule has 2 aromatic rings. The number of likely N-dealkylation sites (N-methyl/N-ethyl adjacent to an activating group) is 1. The fourth-order valence-electron chi connectivity index (χ4n) is 4.03. The lowest BCUT2D eigenvalue weighted by molar-refractivity contribution is -0.120. The maximum atomic E-state index is 13.6. The number of hydrogen-bond donors (Lipinski definition) is 0. The Hall–Kier alpha value is -2.83. The molecular weight excluding hydrogens is 414 g/mol. The van der Waals surface area contributed by atoms with Crippen molar-refractivity contribution >= 4 is 34.7 Å². The molecule has 1 fully saturated rings. The lowest BCUT2D eigenvalue weighted by atomic mass is 10.0. The highest BCUT2D eigenvalue weighted by Crippen LogP contribution is 2.37. The minimum Gasteiger partial charge on any atom is -0.494 e. The first-order chi connectivity index (χ1) is 14.9. The van der Waals surface area contributed by atoms with E-state index in [0.717, 1.165) is 24.4 Å². The van der Waals surface area contributed by atoms with Gasteiger partial charge in [0.25, 0.3) is 11.8 Å². The first-order valence-corrected chi connectivity index (χ1v) is 10.8. The highest BCUT2D eigenvalue weighted by molar-refractivity contribution is 6.45. The van der Waals surface area contributed by atoms with Crippen LogP contribution >= 0.6 is 11.6 Å². The molecule has 2 aliphatic rings. The Balaban J connectivity index is 1.80. The average molecular weight is 440 g/mol. The molecule has 4 rings (SSSR count). The SMILES string of the molecule is CCOc1ccc(C2=C(N3CCN(C)CC3)C(=O)N(c3cc(Cl)ccc3C)C2=O)cc1. The molecule has 0 N–H and O–H groups in total. The van der Waals surface area contributed by atoms with E-state index in [4.69, 9.17) is 16.3 Å². The van der Waals surface area contributed by atoms with Crippen LogP contribution in [0.4, 0.5) is 5.69 Å². The molecule has 0 radical (unpaired) electrons. The van der Waals surface area contributed by atoms with Gasteiger partial charge in [-0.25, -0.2) is 4.90 Å². The summed E-state index contributed by atoms with van der Waals surface area (Å²) in [5, 5.41) is 0.483. The molecule has 1 saturated heterocycles. The van der Waals surface area contributed by atoms with Gasteiger partial charge in [-0.1, -0.05) is 29.8 Å². The Morgan fingerprint density at radius 2 is 1.65 bits per heavy atom. The van der Waals surface area contributed by atoms with Crippen molar-refractivity contribution in [3.8, 4) is 5.75 Å². The molecule has 2 amide bonds. The number of benzene rings is 2. The van der Waals surface area contributed by atoms with Gasteiger partial charge in [-0.15, -0.1) is 0 Å². The van der Waals surface area contributed by atoms with Crippen LogP contribution in [0.15, 0.2) is 48.2 Å². The summed E-state index contributed by atoms with van der Waals surface area (Å²) in [4.78, 5) is 32.8. The van der Waals surface area contributed by atoms with E-state index in [-0.39, 0.29) is 11.8 Å². The van der Waals surface area contributed by atoms with Crippen LogP contribution in [0.25, 0.3) is 5.57 Å². The molecule has 2 heterocycles. The fourth-order valence-corrected chi connectivity index (χ4v) is 4.19. The van der Waals surface area contributed by atoms with Crippen LogP contribution in [0.3, 0.4) is 0 Å². The van der Waals surface area contributed by atoms with Crippen LogP contribution in [-0.4, -0.2) is 61.4 Å². The van der Waals surface area contributed by atoms with Crippen LogP contribution in [0, 0.1) is 6.92 Å². The van der Waals surface area contributed by atoms with Crippen molar-refractivity contribution in [1.29, 1.82) is 0 Å². The molecule has 7 heteroatoms. The predicted octanol–water partition coefficient (Wildman–Crippen LogP) is 3.58.